The molecule has 120 valence electrons. The number of para-hydroxylation sites is 1. The van der Waals surface area contributed by atoms with Crippen LogP contribution in [0.4, 0.5) is 17.3 Å². The molecule has 3 aromatic rings. The van der Waals surface area contributed by atoms with Gasteiger partial charge >= 0.3 is 0 Å². The number of hydrogen-bond acceptors (Lipinski definition) is 4. The Balaban J connectivity index is 1.76. The maximum absolute atomic E-state index is 12.4. The lowest BCUT2D eigenvalue weighted by Gasteiger charge is -2.09. The Hall–Kier alpha value is -2.73. The first kappa shape index (κ1) is 16.1. The summed E-state index contributed by atoms with van der Waals surface area (Å²) < 4.78 is 0.986. The van der Waals surface area contributed by atoms with Gasteiger partial charge in [-0.05, 0) is 48.9 Å². The molecular formula is C18H15BrN4O. The van der Waals surface area contributed by atoms with Crippen LogP contribution in [0.3, 0.4) is 0 Å². The smallest absolute Gasteiger partial charge is 0.274 e. The molecule has 0 spiro atoms. The molecule has 0 unspecified atom stereocenters. The number of carbonyl (C=O) groups excluding carboxylic acids is 1. The van der Waals surface area contributed by atoms with E-state index in [-0.39, 0.29) is 5.91 Å². The predicted molar refractivity (Wildman–Crippen MR) is 98.6 cm³/mol. The maximum atomic E-state index is 12.4. The van der Waals surface area contributed by atoms with E-state index in [9.17, 15) is 4.79 Å². The number of rotatable bonds is 4. The van der Waals surface area contributed by atoms with Crippen molar-refractivity contribution in [3.05, 3.63) is 76.5 Å². The summed E-state index contributed by atoms with van der Waals surface area (Å²) in [6.45, 7) is 1.94. The number of halogens is 1. The largest absolute Gasteiger partial charge is 0.324 e. The summed E-state index contributed by atoms with van der Waals surface area (Å²) in [7, 11) is 0. The number of hydrogen-bond donors (Lipinski definition) is 2. The summed E-state index contributed by atoms with van der Waals surface area (Å²) in [6, 6.07) is 16.8. The van der Waals surface area contributed by atoms with Crippen LogP contribution in [0.1, 0.15) is 16.1 Å². The highest BCUT2D eigenvalue weighted by molar-refractivity contribution is 9.10. The summed E-state index contributed by atoms with van der Waals surface area (Å²) in [6.07, 6.45) is 1.56. The minimum atomic E-state index is -0.273. The zero-order valence-electron chi connectivity index (χ0n) is 13.0. The molecule has 1 amide bonds. The molecule has 1 aromatic heterocycles. The second-order valence-corrected chi connectivity index (χ2v) is 6.08. The van der Waals surface area contributed by atoms with Crippen LogP contribution in [-0.2, 0) is 0 Å². The van der Waals surface area contributed by atoms with Crippen molar-refractivity contribution in [2.24, 2.45) is 0 Å². The molecule has 1 heterocycles. The highest BCUT2D eigenvalue weighted by Gasteiger charge is 2.10. The third kappa shape index (κ3) is 3.97. The summed E-state index contributed by atoms with van der Waals surface area (Å²) in [5.74, 6) is 0.0975. The number of aryl methyl sites for hydroxylation is 1. The van der Waals surface area contributed by atoms with E-state index in [4.69, 9.17) is 0 Å². The van der Waals surface area contributed by atoms with E-state index in [0.29, 0.717) is 11.6 Å². The Morgan fingerprint density at radius 2 is 1.79 bits per heavy atom. The predicted octanol–water partition coefficient (Wildman–Crippen LogP) is 4.54. The van der Waals surface area contributed by atoms with Crippen molar-refractivity contribution in [2.75, 3.05) is 10.6 Å². The van der Waals surface area contributed by atoms with Crippen molar-refractivity contribution in [1.29, 1.82) is 0 Å². The molecule has 5 nitrogen and oxygen atoms in total. The second-order valence-electron chi connectivity index (χ2n) is 5.17. The molecule has 0 saturated heterocycles. The zero-order chi connectivity index (χ0) is 16.9. The van der Waals surface area contributed by atoms with Crippen LogP contribution in [0.5, 0.6) is 0 Å². The van der Waals surface area contributed by atoms with Crippen LogP contribution in [0.25, 0.3) is 0 Å². The lowest BCUT2D eigenvalue weighted by Crippen LogP contribution is -2.15. The van der Waals surface area contributed by atoms with Gasteiger partial charge in [-0.2, -0.15) is 0 Å². The number of nitrogens with one attached hydrogen (secondary N) is 2. The van der Waals surface area contributed by atoms with Crippen molar-refractivity contribution in [3.63, 3.8) is 0 Å². The third-order valence-corrected chi connectivity index (χ3v) is 3.91. The van der Waals surface area contributed by atoms with E-state index < -0.39 is 0 Å². The van der Waals surface area contributed by atoms with Gasteiger partial charge in [-0.25, -0.2) is 9.97 Å². The van der Waals surface area contributed by atoms with Gasteiger partial charge in [0.2, 0.25) is 5.95 Å². The molecule has 3 rings (SSSR count). The van der Waals surface area contributed by atoms with Crippen molar-refractivity contribution in [2.45, 2.75) is 6.92 Å². The zero-order valence-corrected chi connectivity index (χ0v) is 14.5. The van der Waals surface area contributed by atoms with Crippen LogP contribution >= 0.6 is 15.9 Å². The lowest BCUT2D eigenvalue weighted by molar-refractivity contribution is 0.102. The SMILES string of the molecule is Cc1ccccc1NC(=O)c1ccnc(Nc2ccc(Br)cc2)n1. The Bertz CT molecular complexity index is 865. The molecule has 24 heavy (non-hydrogen) atoms. The number of carbonyl (C=O) groups is 1. The molecule has 0 bridgehead atoms. The number of nitrogens with zero attached hydrogens (tertiary/aromatic N) is 2. The molecule has 0 aliphatic carbocycles. The quantitative estimate of drug-likeness (QED) is 0.694. The summed E-state index contributed by atoms with van der Waals surface area (Å²) >= 11 is 3.39. The highest BCUT2D eigenvalue weighted by Crippen LogP contribution is 2.18. The first-order chi connectivity index (χ1) is 11.6. The molecule has 0 fully saturated rings. The highest BCUT2D eigenvalue weighted by atomic mass is 79.9. The number of amides is 1. The standard InChI is InChI=1S/C18H15BrN4O/c1-12-4-2-3-5-15(12)22-17(24)16-10-11-20-18(23-16)21-14-8-6-13(19)7-9-14/h2-11H,1H3,(H,22,24)(H,20,21,23). The fraction of sp³-hybridized carbons (Fsp3) is 0.0556. The van der Waals surface area contributed by atoms with E-state index in [1.165, 1.54) is 0 Å². The molecule has 2 N–H and O–H groups in total. The second kappa shape index (κ2) is 7.23. The fourth-order valence-electron chi connectivity index (χ4n) is 2.11. The monoisotopic (exact) mass is 382 g/mol. The van der Waals surface area contributed by atoms with Crippen molar-refractivity contribution in [1.82, 2.24) is 9.97 Å². The Kier molecular flexibility index (Phi) is 4.86. The van der Waals surface area contributed by atoms with E-state index >= 15 is 0 Å². The van der Waals surface area contributed by atoms with E-state index in [1.54, 1.807) is 12.3 Å². The maximum Gasteiger partial charge on any atom is 0.274 e. The first-order valence-corrected chi connectivity index (χ1v) is 8.14. The average Bonchev–Trinajstić information content (AvgIpc) is 2.59. The Labute approximate surface area is 148 Å². The van der Waals surface area contributed by atoms with Gasteiger partial charge < -0.3 is 10.6 Å². The van der Waals surface area contributed by atoms with Gasteiger partial charge in [-0.15, -0.1) is 0 Å². The van der Waals surface area contributed by atoms with E-state index in [0.717, 1.165) is 21.4 Å². The topological polar surface area (TPSA) is 66.9 Å². The first-order valence-electron chi connectivity index (χ1n) is 7.34. The molecule has 0 aliphatic heterocycles. The number of benzene rings is 2. The minimum Gasteiger partial charge on any atom is -0.324 e. The summed E-state index contributed by atoms with van der Waals surface area (Å²) in [5.41, 5.74) is 2.90. The van der Waals surface area contributed by atoms with Gasteiger partial charge in [0.15, 0.2) is 0 Å². The van der Waals surface area contributed by atoms with E-state index in [2.05, 4.69) is 36.5 Å². The fourth-order valence-corrected chi connectivity index (χ4v) is 2.37. The van der Waals surface area contributed by atoms with E-state index in [1.807, 2.05) is 55.5 Å². The molecule has 2 aromatic carbocycles. The summed E-state index contributed by atoms with van der Waals surface area (Å²) in [4.78, 5) is 20.8. The summed E-state index contributed by atoms with van der Waals surface area (Å²) in [5, 5.41) is 5.94. The molecule has 0 radical (unpaired) electrons. The molecular weight excluding hydrogens is 368 g/mol. The van der Waals surface area contributed by atoms with Crippen LogP contribution in [0.2, 0.25) is 0 Å². The Morgan fingerprint density at radius 3 is 2.54 bits per heavy atom. The minimum absolute atomic E-state index is 0.273. The van der Waals surface area contributed by atoms with Gasteiger partial charge in [-0.3, -0.25) is 4.79 Å². The van der Waals surface area contributed by atoms with Gasteiger partial charge in [-0.1, -0.05) is 34.1 Å². The molecule has 0 saturated carbocycles. The Morgan fingerprint density at radius 1 is 1.04 bits per heavy atom. The van der Waals surface area contributed by atoms with Crippen LogP contribution < -0.4 is 10.6 Å². The van der Waals surface area contributed by atoms with Gasteiger partial charge in [0.25, 0.3) is 5.91 Å². The van der Waals surface area contributed by atoms with Gasteiger partial charge in [0.1, 0.15) is 5.69 Å². The van der Waals surface area contributed by atoms with Crippen molar-refractivity contribution >= 4 is 39.2 Å². The molecule has 6 heteroatoms. The van der Waals surface area contributed by atoms with Crippen LogP contribution in [-0.4, -0.2) is 15.9 Å². The molecule has 0 aliphatic rings. The normalized spacial score (nSPS) is 10.2. The van der Waals surface area contributed by atoms with Crippen molar-refractivity contribution < 1.29 is 4.79 Å². The van der Waals surface area contributed by atoms with Gasteiger partial charge in [0, 0.05) is 22.0 Å². The van der Waals surface area contributed by atoms with Crippen LogP contribution in [0, 0.1) is 6.92 Å². The van der Waals surface area contributed by atoms with Crippen LogP contribution in [0.15, 0.2) is 65.3 Å². The lowest BCUT2D eigenvalue weighted by atomic mass is 10.2. The average molecular weight is 383 g/mol. The van der Waals surface area contributed by atoms with Crippen molar-refractivity contribution in [3.8, 4) is 0 Å². The number of anilines is 3. The third-order valence-electron chi connectivity index (χ3n) is 3.38. The van der Waals surface area contributed by atoms with Gasteiger partial charge in [0.05, 0.1) is 0 Å². The molecule has 0 atom stereocenters. The number of aromatic nitrogens is 2.